The van der Waals surface area contributed by atoms with Gasteiger partial charge >= 0.3 is 5.97 Å². The van der Waals surface area contributed by atoms with E-state index in [0.717, 1.165) is 6.26 Å². The smallest absolute Gasteiger partial charge is 0.357 e. The summed E-state index contributed by atoms with van der Waals surface area (Å²) in [4.78, 5) is 27.3. The van der Waals surface area contributed by atoms with Crippen LogP contribution in [0.3, 0.4) is 0 Å². The standard InChI is InChI=1S/C15H14N2O5S/c1-23(20,21)12-7-5-11(6-8-12)17-14(18)10-22-15(19)13-4-2-3-9-16-13/h2-9H,10H2,1H3,(H,17,18). The molecule has 120 valence electrons. The maximum atomic E-state index is 11.7. The molecule has 2 rings (SSSR count). The van der Waals surface area contributed by atoms with Gasteiger partial charge in [0.15, 0.2) is 16.4 Å². The Morgan fingerprint density at radius 1 is 1.13 bits per heavy atom. The van der Waals surface area contributed by atoms with Gasteiger partial charge in [0.2, 0.25) is 0 Å². The topological polar surface area (TPSA) is 102 Å². The summed E-state index contributed by atoms with van der Waals surface area (Å²) in [6, 6.07) is 10.4. The molecule has 0 spiro atoms. The third kappa shape index (κ3) is 4.89. The highest BCUT2D eigenvalue weighted by molar-refractivity contribution is 7.90. The number of rotatable bonds is 5. The minimum absolute atomic E-state index is 0.109. The summed E-state index contributed by atoms with van der Waals surface area (Å²) in [6.45, 7) is -0.469. The van der Waals surface area contributed by atoms with Crippen LogP contribution in [0.2, 0.25) is 0 Å². The van der Waals surface area contributed by atoms with E-state index in [-0.39, 0.29) is 10.6 Å². The first-order chi connectivity index (χ1) is 10.9. The van der Waals surface area contributed by atoms with Crippen LogP contribution in [0, 0.1) is 0 Å². The number of carbonyl (C=O) groups is 2. The van der Waals surface area contributed by atoms with Crippen molar-refractivity contribution in [3.8, 4) is 0 Å². The zero-order valence-electron chi connectivity index (χ0n) is 12.2. The molecule has 0 atom stereocenters. The molecule has 1 heterocycles. The molecule has 7 nitrogen and oxygen atoms in total. The first-order valence-corrected chi connectivity index (χ1v) is 8.43. The third-order valence-electron chi connectivity index (χ3n) is 2.77. The maximum absolute atomic E-state index is 11.7. The number of pyridine rings is 1. The van der Waals surface area contributed by atoms with Crippen LogP contribution in [-0.4, -0.2) is 38.1 Å². The molecule has 0 bridgehead atoms. The summed E-state index contributed by atoms with van der Waals surface area (Å²) < 4.78 is 27.5. The first-order valence-electron chi connectivity index (χ1n) is 6.54. The van der Waals surface area contributed by atoms with Crippen molar-refractivity contribution >= 4 is 27.4 Å². The zero-order chi connectivity index (χ0) is 16.9. The number of nitrogens with one attached hydrogen (secondary N) is 1. The van der Waals surface area contributed by atoms with Gasteiger partial charge in [-0.05, 0) is 36.4 Å². The molecule has 0 saturated heterocycles. The average molecular weight is 334 g/mol. The van der Waals surface area contributed by atoms with E-state index in [0.29, 0.717) is 5.69 Å². The number of benzene rings is 1. The molecule has 1 aromatic heterocycles. The summed E-state index contributed by atoms with van der Waals surface area (Å²) in [7, 11) is -3.29. The number of carbonyl (C=O) groups excluding carboxylic acids is 2. The number of aromatic nitrogens is 1. The minimum Gasteiger partial charge on any atom is -0.451 e. The van der Waals surface area contributed by atoms with Crippen LogP contribution in [0.4, 0.5) is 5.69 Å². The Hall–Kier alpha value is -2.74. The lowest BCUT2D eigenvalue weighted by atomic mass is 10.3. The van der Waals surface area contributed by atoms with Crippen LogP contribution in [-0.2, 0) is 19.4 Å². The quantitative estimate of drug-likeness (QED) is 0.826. The number of ether oxygens (including phenoxy) is 1. The van der Waals surface area contributed by atoms with Gasteiger partial charge in [0, 0.05) is 18.1 Å². The van der Waals surface area contributed by atoms with Crippen molar-refractivity contribution < 1.29 is 22.7 Å². The van der Waals surface area contributed by atoms with Crippen LogP contribution < -0.4 is 5.32 Å². The first kappa shape index (κ1) is 16.6. The van der Waals surface area contributed by atoms with Crippen molar-refractivity contribution in [2.24, 2.45) is 0 Å². The molecule has 23 heavy (non-hydrogen) atoms. The SMILES string of the molecule is CS(=O)(=O)c1ccc(NC(=O)COC(=O)c2ccccn2)cc1. The Bertz CT molecular complexity index is 802. The fourth-order valence-electron chi connectivity index (χ4n) is 1.67. The van der Waals surface area contributed by atoms with Gasteiger partial charge in [-0.15, -0.1) is 0 Å². The number of hydrogen-bond acceptors (Lipinski definition) is 6. The van der Waals surface area contributed by atoms with Gasteiger partial charge in [-0.3, -0.25) is 4.79 Å². The summed E-state index contributed by atoms with van der Waals surface area (Å²) in [5.74, 6) is -1.24. The molecule has 0 aliphatic heterocycles. The maximum Gasteiger partial charge on any atom is 0.357 e. The summed E-state index contributed by atoms with van der Waals surface area (Å²) in [6.07, 6.45) is 2.54. The molecule has 1 N–H and O–H groups in total. The largest absolute Gasteiger partial charge is 0.451 e. The van der Waals surface area contributed by atoms with E-state index >= 15 is 0 Å². The fourth-order valence-corrected chi connectivity index (χ4v) is 2.30. The molecule has 0 aliphatic carbocycles. The van der Waals surface area contributed by atoms with Gasteiger partial charge < -0.3 is 10.1 Å². The van der Waals surface area contributed by atoms with Gasteiger partial charge in [0.05, 0.1) is 4.90 Å². The van der Waals surface area contributed by atoms with Gasteiger partial charge in [-0.1, -0.05) is 6.07 Å². The second-order valence-electron chi connectivity index (χ2n) is 4.64. The molecule has 1 aromatic carbocycles. The number of sulfone groups is 1. The summed E-state index contributed by atoms with van der Waals surface area (Å²) >= 11 is 0. The van der Waals surface area contributed by atoms with Crippen molar-refractivity contribution in [3.05, 3.63) is 54.4 Å². The highest BCUT2D eigenvalue weighted by atomic mass is 32.2. The third-order valence-corrected chi connectivity index (χ3v) is 3.90. The van der Waals surface area contributed by atoms with E-state index in [4.69, 9.17) is 4.74 Å². The van der Waals surface area contributed by atoms with E-state index < -0.39 is 28.3 Å². The highest BCUT2D eigenvalue weighted by Gasteiger charge is 2.11. The second-order valence-corrected chi connectivity index (χ2v) is 6.65. The van der Waals surface area contributed by atoms with Crippen molar-refractivity contribution in [1.29, 1.82) is 0 Å². The Balaban J connectivity index is 1.89. The van der Waals surface area contributed by atoms with Crippen molar-refractivity contribution in [2.45, 2.75) is 4.90 Å². The van der Waals surface area contributed by atoms with E-state index in [1.807, 2.05) is 0 Å². The van der Waals surface area contributed by atoms with Gasteiger partial charge in [-0.25, -0.2) is 18.2 Å². The number of esters is 1. The molecule has 0 saturated carbocycles. The molecule has 0 radical (unpaired) electrons. The molecule has 0 fully saturated rings. The van der Waals surface area contributed by atoms with Crippen LogP contribution in [0.5, 0.6) is 0 Å². The minimum atomic E-state index is -3.29. The molecular weight excluding hydrogens is 320 g/mol. The number of anilines is 1. The number of nitrogens with zero attached hydrogens (tertiary/aromatic N) is 1. The van der Waals surface area contributed by atoms with E-state index in [1.165, 1.54) is 36.5 Å². The Morgan fingerprint density at radius 3 is 2.39 bits per heavy atom. The highest BCUT2D eigenvalue weighted by Crippen LogP contribution is 2.13. The van der Waals surface area contributed by atoms with Crippen LogP contribution >= 0.6 is 0 Å². The summed E-state index contributed by atoms with van der Waals surface area (Å²) in [5, 5.41) is 2.50. The van der Waals surface area contributed by atoms with E-state index in [9.17, 15) is 18.0 Å². The Labute approximate surface area is 133 Å². The van der Waals surface area contributed by atoms with Crippen LogP contribution in [0.15, 0.2) is 53.6 Å². The number of amides is 1. The van der Waals surface area contributed by atoms with Gasteiger partial charge in [0.1, 0.15) is 5.69 Å². The lowest BCUT2D eigenvalue weighted by molar-refractivity contribution is -0.119. The zero-order valence-corrected chi connectivity index (χ0v) is 13.0. The normalized spacial score (nSPS) is 10.8. The molecule has 1 amide bonds. The van der Waals surface area contributed by atoms with Crippen molar-refractivity contribution in [1.82, 2.24) is 4.98 Å². The fraction of sp³-hybridized carbons (Fsp3) is 0.133. The van der Waals surface area contributed by atoms with Crippen molar-refractivity contribution in [3.63, 3.8) is 0 Å². The summed E-state index contributed by atoms with van der Waals surface area (Å²) in [5.41, 5.74) is 0.508. The van der Waals surface area contributed by atoms with Crippen molar-refractivity contribution in [2.75, 3.05) is 18.2 Å². The number of hydrogen-bond donors (Lipinski definition) is 1. The monoisotopic (exact) mass is 334 g/mol. The lowest BCUT2D eigenvalue weighted by Gasteiger charge is -2.07. The molecule has 2 aromatic rings. The second kappa shape index (κ2) is 7.01. The Morgan fingerprint density at radius 2 is 1.83 bits per heavy atom. The van der Waals surface area contributed by atoms with Gasteiger partial charge in [0.25, 0.3) is 5.91 Å². The lowest BCUT2D eigenvalue weighted by Crippen LogP contribution is -2.21. The molecular formula is C15H14N2O5S. The van der Waals surface area contributed by atoms with Crippen LogP contribution in [0.1, 0.15) is 10.5 Å². The van der Waals surface area contributed by atoms with Gasteiger partial charge in [-0.2, -0.15) is 0 Å². The molecule has 8 heteroatoms. The average Bonchev–Trinajstić information content (AvgIpc) is 2.53. The molecule has 0 aliphatic rings. The van der Waals surface area contributed by atoms with E-state index in [2.05, 4.69) is 10.3 Å². The van der Waals surface area contributed by atoms with E-state index in [1.54, 1.807) is 12.1 Å². The predicted molar refractivity (Wildman–Crippen MR) is 82.7 cm³/mol. The predicted octanol–water partition coefficient (Wildman–Crippen LogP) is 1.28. The van der Waals surface area contributed by atoms with Crippen LogP contribution in [0.25, 0.3) is 0 Å². The Kier molecular flexibility index (Phi) is 5.07. The molecule has 0 unspecified atom stereocenters.